The van der Waals surface area contributed by atoms with Crippen molar-refractivity contribution in [2.24, 2.45) is 0 Å². The molecule has 1 N–H and O–H groups in total. The van der Waals surface area contributed by atoms with Gasteiger partial charge in [-0.05, 0) is 6.07 Å². The predicted octanol–water partition coefficient (Wildman–Crippen LogP) is 1.30. The van der Waals surface area contributed by atoms with E-state index in [4.69, 9.17) is 4.74 Å². The molecule has 2 heterocycles. The lowest BCUT2D eigenvalue weighted by Crippen LogP contribution is -2.40. The van der Waals surface area contributed by atoms with Crippen LogP contribution >= 0.6 is 0 Å². The van der Waals surface area contributed by atoms with Gasteiger partial charge >= 0.3 is 0 Å². The Hall–Kier alpha value is -1.00. The zero-order chi connectivity index (χ0) is 12.3. The summed E-state index contributed by atoms with van der Waals surface area (Å²) in [7, 11) is 0. The Kier molecular flexibility index (Phi) is 3.74. The van der Waals surface area contributed by atoms with Crippen LogP contribution in [0.1, 0.15) is 32.3 Å². The van der Waals surface area contributed by atoms with Gasteiger partial charge in [-0.2, -0.15) is 0 Å². The summed E-state index contributed by atoms with van der Waals surface area (Å²) in [5.74, 6) is 0.881. The van der Waals surface area contributed by atoms with E-state index in [9.17, 15) is 0 Å². The van der Waals surface area contributed by atoms with Crippen LogP contribution in [0.4, 0.5) is 0 Å². The van der Waals surface area contributed by atoms with Gasteiger partial charge in [-0.15, -0.1) is 0 Å². The van der Waals surface area contributed by atoms with Gasteiger partial charge in [-0.3, -0.25) is 0 Å². The maximum Gasteiger partial charge on any atom is 0.131 e. The van der Waals surface area contributed by atoms with Gasteiger partial charge in [0.05, 0.1) is 12.7 Å². The number of nitrogens with zero attached hydrogens (tertiary/aromatic N) is 2. The topological polar surface area (TPSA) is 47.0 Å². The third kappa shape index (κ3) is 3.48. The van der Waals surface area contributed by atoms with Crippen molar-refractivity contribution in [3.05, 3.63) is 23.8 Å². The summed E-state index contributed by atoms with van der Waals surface area (Å²) in [4.78, 5) is 8.95. The maximum atomic E-state index is 5.66. The molecule has 0 aliphatic carbocycles. The van der Waals surface area contributed by atoms with Crippen LogP contribution in [-0.2, 0) is 16.6 Å². The predicted molar refractivity (Wildman–Crippen MR) is 67.0 cm³/mol. The number of hydrogen-bond donors (Lipinski definition) is 1. The Labute approximate surface area is 103 Å². The summed E-state index contributed by atoms with van der Waals surface area (Å²) in [6.45, 7) is 9.11. The molecule has 0 saturated carbocycles. The number of hydrogen-bond acceptors (Lipinski definition) is 4. The molecule has 1 fully saturated rings. The molecule has 4 nitrogen and oxygen atoms in total. The summed E-state index contributed by atoms with van der Waals surface area (Å²) in [5.41, 5.74) is 1.16. The molecule has 17 heavy (non-hydrogen) atoms. The fraction of sp³-hybridized carbons (Fsp3) is 0.692. The fourth-order valence-electron chi connectivity index (χ4n) is 1.87. The largest absolute Gasteiger partial charge is 0.375 e. The van der Waals surface area contributed by atoms with E-state index >= 15 is 0 Å². The van der Waals surface area contributed by atoms with E-state index < -0.39 is 0 Å². The highest BCUT2D eigenvalue weighted by Crippen LogP contribution is 2.19. The SMILES string of the molecule is CC(C)(C)c1ccnc(CC2CNCCO2)n1. The van der Waals surface area contributed by atoms with E-state index in [1.807, 2.05) is 12.3 Å². The van der Waals surface area contributed by atoms with Crippen LogP contribution in [0.3, 0.4) is 0 Å². The first kappa shape index (κ1) is 12.5. The average molecular weight is 235 g/mol. The summed E-state index contributed by atoms with van der Waals surface area (Å²) in [5, 5.41) is 3.32. The minimum absolute atomic E-state index is 0.0728. The average Bonchev–Trinajstić information content (AvgIpc) is 2.29. The van der Waals surface area contributed by atoms with Gasteiger partial charge < -0.3 is 10.1 Å². The highest BCUT2D eigenvalue weighted by atomic mass is 16.5. The molecule has 1 aromatic heterocycles. The molecule has 0 aromatic carbocycles. The minimum Gasteiger partial charge on any atom is -0.375 e. The van der Waals surface area contributed by atoms with Crippen molar-refractivity contribution in [1.29, 1.82) is 0 Å². The molecular weight excluding hydrogens is 214 g/mol. The molecule has 0 radical (unpaired) electrons. The van der Waals surface area contributed by atoms with Crippen LogP contribution in [0, 0.1) is 0 Å². The zero-order valence-corrected chi connectivity index (χ0v) is 10.9. The van der Waals surface area contributed by atoms with Crippen molar-refractivity contribution in [2.75, 3.05) is 19.7 Å². The molecule has 1 aromatic rings. The van der Waals surface area contributed by atoms with Gasteiger partial charge in [0.1, 0.15) is 5.82 Å². The minimum atomic E-state index is 0.0728. The zero-order valence-electron chi connectivity index (χ0n) is 10.9. The Balaban J connectivity index is 2.05. The van der Waals surface area contributed by atoms with Gasteiger partial charge in [0.15, 0.2) is 0 Å². The van der Waals surface area contributed by atoms with Crippen molar-refractivity contribution in [3.63, 3.8) is 0 Å². The highest BCUT2D eigenvalue weighted by Gasteiger charge is 2.19. The third-order valence-electron chi connectivity index (χ3n) is 2.89. The number of morpholine rings is 1. The first-order chi connectivity index (χ1) is 8.05. The molecule has 4 heteroatoms. The lowest BCUT2D eigenvalue weighted by molar-refractivity contribution is 0.0280. The summed E-state index contributed by atoms with van der Waals surface area (Å²) < 4.78 is 5.66. The van der Waals surface area contributed by atoms with Crippen LogP contribution < -0.4 is 5.32 Å². The van der Waals surface area contributed by atoms with Gasteiger partial charge in [0.2, 0.25) is 0 Å². The molecule has 1 aliphatic heterocycles. The number of ether oxygens (including phenoxy) is 1. The number of aromatic nitrogens is 2. The van der Waals surface area contributed by atoms with Crippen molar-refractivity contribution in [3.8, 4) is 0 Å². The Morgan fingerprint density at radius 1 is 1.47 bits per heavy atom. The van der Waals surface area contributed by atoms with Crippen molar-refractivity contribution in [2.45, 2.75) is 38.7 Å². The summed E-state index contributed by atoms with van der Waals surface area (Å²) >= 11 is 0. The van der Waals surface area contributed by atoms with Crippen LogP contribution in [0.25, 0.3) is 0 Å². The van der Waals surface area contributed by atoms with Gasteiger partial charge in [-0.1, -0.05) is 20.8 Å². The molecular formula is C13H21N3O. The van der Waals surface area contributed by atoms with Crippen molar-refractivity contribution in [1.82, 2.24) is 15.3 Å². The van der Waals surface area contributed by atoms with E-state index in [0.717, 1.165) is 37.6 Å². The monoisotopic (exact) mass is 235 g/mol. The second-order valence-electron chi connectivity index (χ2n) is 5.51. The first-order valence-corrected chi connectivity index (χ1v) is 6.20. The van der Waals surface area contributed by atoms with Gasteiger partial charge in [0.25, 0.3) is 0 Å². The van der Waals surface area contributed by atoms with E-state index in [2.05, 4.69) is 36.1 Å². The second-order valence-corrected chi connectivity index (χ2v) is 5.51. The molecule has 0 amide bonds. The van der Waals surface area contributed by atoms with Gasteiger partial charge in [0, 0.05) is 36.8 Å². The van der Waals surface area contributed by atoms with E-state index in [0.29, 0.717) is 0 Å². The lowest BCUT2D eigenvalue weighted by atomic mass is 9.92. The molecule has 1 unspecified atom stereocenters. The molecule has 94 valence electrons. The van der Waals surface area contributed by atoms with Crippen LogP contribution in [-0.4, -0.2) is 35.8 Å². The summed E-state index contributed by atoms with van der Waals surface area (Å²) in [6, 6.07) is 1.99. The molecule has 0 bridgehead atoms. The van der Waals surface area contributed by atoms with E-state index in [1.54, 1.807) is 0 Å². The van der Waals surface area contributed by atoms with Crippen LogP contribution in [0.2, 0.25) is 0 Å². The molecule has 1 aliphatic rings. The molecule has 1 saturated heterocycles. The third-order valence-corrected chi connectivity index (χ3v) is 2.89. The number of nitrogens with one attached hydrogen (secondary N) is 1. The first-order valence-electron chi connectivity index (χ1n) is 6.20. The van der Waals surface area contributed by atoms with Crippen LogP contribution in [0.5, 0.6) is 0 Å². The molecule has 0 spiro atoms. The quantitative estimate of drug-likeness (QED) is 0.839. The van der Waals surface area contributed by atoms with Crippen molar-refractivity contribution >= 4 is 0 Å². The molecule has 1 atom stereocenters. The standard InChI is InChI=1S/C13H21N3O/c1-13(2,3)11-4-5-15-12(16-11)8-10-9-14-6-7-17-10/h4-5,10,14H,6-9H2,1-3H3. The summed E-state index contributed by atoms with van der Waals surface area (Å²) in [6.07, 6.45) is 2.84. The fourth-order valence-corrected chi connectivity index (χ4v) is 1.87. The Morgan fingerprint density at radius 2 is 2.29 bits per heavy atom. The van der Waals surface area contributed by atoms with E-state index in [-0.39, 0.29) is 11.5 Å². The Morgan fingerprint density at radius 3 is 2.94 bits per heavy atom. The maximum absolute atomic E-state index is 5.66. The molecule has 2 rings (SSSR count). The lowest BCUT2D eigenvalue weighted by Gasteiger charge is -2.23. The van der Waals surface area contributed by atoms with E-state index in [1.165, 1.54) is 0 Å². The normalized spacial score (nSPS) is 21.5. The smallest absolute Gasteiger partial charge is 0.131 e. The van der Waals surface area contributed by atoms with Crippen LogP contribution in [0.15, 0.2) is 12.3 Å². The van der Waals surface area contributed by atoms with Gasteiger partial charge in [-0.25, -0.2) is 9.97 Å². The van der Waals surface area contributed by atoms with Crippen molar-refractivity contribution < 1.29 is 4.74 Å². The Bertz CT molecular complexity index is 367. The second kappa shape index (κ2) is 5.10. The highest BCUT2D eigenvalue weighted by molar-refractivity contribution is 5.12. The number of rotatable bonds is 2.